The number of halogens is 3. The number of nitrogens with one attached hydrogen (secondary N) is 1. The molecule has 1 aromatic heterocycles. The van der Waals surface area contributed by atoms with E-state index in [0.29, 0.717) is 0 Å². The molecule has 0 aliphatic rings. The monoisotopic (exact) mass is 242 g/mol. The van der Waals surface area contributed by atoms with Crippen LogP contribution in [0.1, 0.15) is 0 Å². The average molecular weight is 243 g/mol. The summed E-state index contributed by atoms with van der Waals surface area (Å²) in [6.07, 6.45) is 1.70. The molecule has 13 heavy (non-hydrogen) atoms. The van der Waals surface area contributed by atoms with Gasteiger partial charge in [-0.15, -0.1) is 24.8 Å². The Morgan fingerprint density at radius 1 is 1.08 bits per heavy atom. The van der Waals surface area contributed by atoms with Gasteiger partial charge >= 0.3 is 0 Å². The Bertz CT molecular complexity index is 298. The van der Waals surface area contributed by atoms with Crippen molar-refractivity contribution in [1.29, 1.82) is 0 Å². The van der Waals surface area contributed by atoms with Gasteiger partial charge in [-0.05, 0) is 23.1 Å². The highest BCUT2D eigenvalue weighted by atomic mass is 35.5. The maximum absolute atomic E-state index is 4.06. The van der Waals surface area contributed by atoms with Gasteiger partial charge in [-0.1, -0.05) is 12.1 Å². The predicted octanol–water partition coefficient (Wildman–Crippen LogP) is 1.11. The number of para-hydroxylation sites is 2. The lowest BCUT2D eigenvalue weighted by molar-refractivity contribution is 1.11. The zero-order valence-electron chi connectivity index (χ0n) is 6.06. The van der Waals surface area contributed by atoms with E-state index in [9.17, 15) is 0 Å². The summed E-state index contributed by atoms with van der Waals surface area (Å²) in [4.78, 5) is 7.07. The number of imidazole rings is 1. The molecule has 0 amide bonds. The molecule has 2 aromatic rings. The van der Waals surface area contributed by atoms with Crippen LogP contribution in [0.15, 0.2) is 30.6 Å². The fraction of sp³-hybridized carbons (Fsp3) is 0. The van der Waals surface area contributed by atoms with E-state index in [1.165, 1.54) is 0 Å². The van der Waals surface area contributed by atoms with Crippen molar-refractivity contribution >= 4 is 46.8 Å². The molecule has 0 spiro atoms. The van der Waals surface area contributed by atoms with E-state index in [2.05, 4.69) is 9.97 Å². The second kappa shape index (κ2) is 8.04. The van der Waals surface area contributed by atoms with Gasteiger partial charge in [-0.3, -0.25) is 4.70 Å². The third-order valence-electron chi connectivity index (χ3n) is 1.33. The molecule has 2 rings (SSSR count). The van der Waals surface area contributed by atoms with Gasteiger partial charge in [0.1, 0.15) is 0 Å². The Kier molecular flexibility index (Phi) is 11.3. The van der Waals surface area contributed by atoms with E-state index in [1.807, 2.05) is 24.3 Å². The first-order chi connectivity index (χ1) is 4.47. The molecule has 1 heterocycles. The summed E-state index contributed by atoms with van der Waals surface area (Å²) in [5, 5.41) is 0. The van der Waals surface area contributed by atoms with Crippen LogP contribution in [0, 0.1) is 0 Å². The summed E-state index contributed by atoms with van der Waals surface area (Å²) in [5.41, 5.74) is 2.12. The first-order valence-electron chi connectivity index (χ1n) is 2.85. The highest BCUT2D eigenvalue weighted by Crippen LogP contribution is 2.05. The van der Waals surface area contributed by atoms with Crippen molar-refractivity contribution in [1.82, 2.24) is 9.97 Å². The number of rotatable bonds is 0. The summed E-state index contributed by atoms with van der Waals surface area (Å²) < 4.78 is 0. The summed E-state index contributed by atoms with van der Waals surface area (Å²) in [5.74, 6) is 0. The second-order valence-corrected chi connectivity index (χ2v) is 1.92. The Morgan fingerprint density at radius 2 is 1.69 bits per heavy atom. The second-order valence-electron chi connectivity index (χ2n) is 1.92. The normalized spacial score (nSPS) is 7.08. The summed E-state index contributed by atoms with van der Waals surface area (Å²) >= 11 is 0. The maximum atomic E-state index is 4.06. The lowest BCUT2D eigenvalue weighted by Crippen LogP contribution is -1.63. The fourth-order valence-corrected chi connectivity index (χ4v) is 0.880. The van der Waals surface area contributed by atoms with Crippen molar-refractivity contribution in [2.45, 2.75) is 0 Å². The van der Waals surface area contributed by atoms with E-state index < -0.39 is 0 Å². The minimum absolute atomic E-state index is 0. The van der Waals surface area contributed by atoms with E-state index in [-0.39, 0.29) is 40.5 Å². The van der Waals surface area contributed by atoms with Crippen molar-refractivity contribution in [2.75, 3.05) is 0 Å². The Balaban J connectivity index is -0.000000250. The zero-order valence-corrected chi connectivity index (χ0v) is 7.69. The number of benzene rings is 1. The molecule has 0 saturated heterocycles. The minimum atomic E-state index is 0. The van der Waals surface area contributed by atoms with Crippen LogP contribution in [-0.2, 0) is 0 Å². The highest BCUT2D eigenvalue weighted by Gasteiger charge is 1.88. The van der Waals surface area contributed by atoms with Gasteiger partial charge < -0.3 is 4.98 Å². The molecule has 0 aliphatic carbocycles. The number of aromatic nitrogens is 2. The molecule has 1 N–H and O–H groups in total. The average Bonchev–Trinajstić information content (AvgIpc) is 2.33. The predicted molar refractivity (Wildman–Crippen MR) is 64.4 cm³/mol. The van der Waals surface area contributed by atoms with Crippen LogP contribution in [0.4, 0.5) is 4.70 Å². The number of fused-ring (bicyclic) bond motifs is 1. The molecule has 6 heteroatoms. The quantitative estimate of drug-likeness (QED) is 0.690. The molecule has 0 aliphatic heterocycles. The summed E-state index contributed by atoms with van der Waals surface area (Å²) in [6.45, 7) is 0. The molecule has 1 aromatic carbocycles. The smallest absolute Gasteiger partial charge is 0.0931 e. The van der Waals surface area contributed by atoms with Gasteiger partial charge in [0.15, 0.2) is 0 Å². The van der Waals surface area contributed by atoms with Gasteiger partial charge in [-0.25, -0.2) is 4.98 Å². The largest absolute Gasteiger partial charge is 0.345 e. The Hall–Kier alpha value is -0.583. The van der Waals surface area contributed by atoms with Crippen LogP contribution in [0.25, 0.3) is 11.0 Å². The molecule has 0 bridgehead atoms. The van der Waals surface area contributed by atoms with Crippen LogP contribution in [0.5, 0.6) is 0 Å². The third kappa shape index (κ3) is 3.76. The molecule has 0 radical (unpaired) electrons. The SMILES string of the molecule is Cl.Cl.F.[SiH4].c1ccc2[nH]cnc2c1. The standard InChI is InChI=1S/C7H6N2.2ClH.FH.H4Si/c1-2-4-7-6(3-1)8-5-9-7;;;;/h1-5H,(H,8,9);3*1H;1H4. The van der Waals surface area contributed by atoms with Gasteiger partial charge in [0.25, 0.3) is 0 Å². The van der Waals surface area contributed by atoms with Gasteiger partial charge in [0.2, 0.25) is 0 Å². The van der Waals surface area contributed by atoms with Crippen LogP contribution < -0.4 is 0 Å². The molecule has 0 atom stereocenters. The van der Waals surface area contributed by atoms with Crippen LogP contribution >= 0.6 is 24.8 Å². The number of aromatic amines is 1. The van der Waals surface area contributed by atoms with E-state index in [1.54, 1.807) is 6.33 Å². The van der Waals surface area contributed by atoms with Gasteiger partial charge in [-0.2, -0.15) is 0 Å². The van der Waals surface area contributed by atoms with Crippen LogP contribution in [-0.4, -0.2) is 20.9 Å². The van der Waals surface area contributed by atoms with E-state index in [0.717, 1.165) is 11.0 Å². The first kappa shape index (κ1) is 18.3. The third-order valence-corrected chi connectivity index (χ3v) is 1.33. The summed E-state index contributed by atoms with van der Waals surface area (Å²) in [6, 6.07) is 7.94. The molecule has 76 valence electrons. The molecule has 2 nitrogen and oxygen atoms in total. The van der Waals surface area contributed by atoms with Gasteiger partial charge in [0, 0.05) is 0 Å². The van der Waals surface area contributed by atoms with Crippen molar-refractivity contribution < 1.29 is 4.70 Å². The van der Waals surface area contributed by atoms with Gasteiger partial charge in [0.05, 0.1) is 17.4 Å². The number of hydrogen-bond acceptors (Lipinski definition) is 1. The molecule has 0 fully saturated rings. The van der Waals surface area contributed by atoms with E-state index >= 15 is 0 Å². The number of nitrogens with zero attached hydrogens (tertiary/aromatic N) is 1. The Labute approximate surface area is 92.4 Å². The lowest BCUT2D eigenvalue weighted by atomic mass is 10.3. The number of H-pyrrole nitrogens is 1. The molecular weight excluding hydrogens is 230 g/mol. The Morgan fingerprint density at radius 3 is 2.31 bits per heavy atom. The van der Waals surface area contributed by atoms with Crippen molar-refractivity contribution in [3.8, 4) is 0 Å². The maximum Gasteiger partial charge on any atom is 0.0931 e. The zero-order chi connectivity index (χ0) is 6.10. The summed E-state index contributed by atoms with van der Waals surface area (Å²) in [7, 11) is 0. The van der Waals surface area contributed by atoms with Crippen molar-refractivity contribution in [3.63, 3.8) is 0 Å². The van der Waals surface area contributed by atoms with Crippen molar-refractivity contribution in [3.05, 3.63) is 30.6 Å². The topological polar surface area (TPSA) is 28.7 Å². The molecule has 0 unspecified atom stereocenters. The van der Waals surface area contributed by atoms with Crippen LogP contribution in [0.2, 0.25) is 0 Å². The minimum Gasteiger partial charge on any atom is -0.345 e. The first-order valence-corrected chi connectivity index (χ1v) is 2.85. The van der Waals surface area contributed by atoms with E-state index in [4.69, 9.17) is 0 Å². The number of hydrogen-bond donors (Lipinski definition) is 1. The highest BCUT2D eigenvalue weighted by molar-refractivity contribution is 5.85. The van der Waals surface area contributed by atoms with Crippen molar-refractivity contribution in [2.24, 2.45) is 0 Å². The molecule has 0 saturated carbocycles. The fourth-order valence-electron chi connectivity index (χ4n) is 0.880. The lowest BCUT2D eigenvalue weighted by Gasteiger charge is -1.81. The molecular formula is C7H13Cl2FN2Si. The van der Waals surface area contributed by atoms with Crippen LogP contribution in [0.3, 0.4) is 0 Å².